The molecule has 1 aromatic carbocycles. The molecule has 0 fully saturated rings. The second-order valence-corrected chi connectivity index (χ2v) is 3.61. The summed E-state index contributed by atoms with van der Waals surface area (Å²) in [5.41, 5.74) is 1.80. The van der Waals surface area contributed by atoms with Crippen LogP contribution in [0.3, 0.4) is 0 Å². The van der Waals surface area contributed by atoms with Crippen molar-refractivity contribution in [3.05, 3.63) is 36.1 Å². The molecule has 4 nitrogen and oxygen atoms in total. The Kier molecular flexibility index (Phi) is 3.55. The molecule has 0 amide bonds. The fraction of sp³-hybridized carbons (Fsp3) is 0.231. The van der Waals surface area contributed by atoms with E-state index in [0.29, 0.717) is 17.9 Å². The lowest BCUT2D eigenvalue weighted by atomic mass is 10.1. The largest absolute Gasteiger partial charge is 0.494 e. The number of aromatic nitrogens is 1. The zero-order valence-corrected chi connectivity index (χ0v) is 9.55. The van der Waals surface area contributed by atoms with Gasteiger partial charge in [-0.25, -0.2) is 0 Å². The Morgan fingerprint density at radius 3 is 3.12 bits per heavy atom. The number of aldehydes is 1. The standard InChI is InChI=1S/C13H13NO3/c1-2-6-16-12-5-3-4-10(7-12)13-11(8-15)9-17-14-13/h3-5,7-9H,2,6H2,1H3. The van der Waals surface area contributed by atoms with E-state index >= 15 is 0 Å². The lowest BCUT2D eigenvalue weighted by molar-refractivity contribution is 0.112. The molecule has 0 saturated heterocycles. The van der Waals surface area contributed by atoms with Crippen LogP contribution < -0.4 is 4.74 Å². The van der Waals surface area contributed by atoms with Crippen LogP contribution in [-0.4, -0.2) is 18.0 Å². The third kappa shape index (κ3) is 2.53. The molecule has 0 radical (unpaired) electrons. The number of rotatable bonds is 5. The zero-order valence-electron chi connectivity index (χ0n) is 9.55. The van der Waals surface area contributed by atoms with Crippen LogP contribution in [0.1, 0.15) is 23.7 Å². The zero-order chi connectivity index (χ0) is 12.1. The first kappa shape index (κ1) is 11.4. The molecule has 1 aromatic heterocycles. The predicted octanol–water partition coefficient (Wildman–Crippen LogP) is 2.94. The molecule has 0 aliphatic heterocycles. The molecule has 4 heteroatoms. The summed E-state index contributed by atoms with van der Waals surface area (Å²) in [4.78, 5) is 10.8. The molecule has 0 unspecified atom stereocenters. The molecule has 0 aliphatic rings. The molecule has 0 saturated carbocycles. The summed E-state index contributed by atoms with van der Waals surface area (Å²) >= 11 is 0. The Morgan fingerprint density at radius 1 is 1.47 bits per heavy atom. The summed E-state index contributed by atoms with van der Waals surface area (Å²) in [6.45, 7) is 2.72. The van der Waals surface area contributed by atoms with Gasteiger partial charge in [0, 0.05) is 5.56 Å². The summed E-state index contributed by atoms with van der Waals surface area (Å²) < 4.78 is 10.3. The van der Waals surface area contributed by atoms with Gasteiger partial charge < -0.3 is 9.26 Å². The van der Waals surface area contributed by atoms with Crippen LogP contribution in [0.5, 0.6) is 5.75 Å². The number of benzene rings is 1. The van der Waals surface area contributed by atoms with Gasteiger partial charge >= 0.3 is 0 Å². The SMILES string of the molecule is CCCOc1cccc(-c2nocc2C=O)c1. The Balaban J connectivity index is 2.29. The molecule has 2 aromatic rings. The number of ether oxygens (including phenoxy) is 1. The average Bonchev–Trinajstić information content (AvgIpc) is 2.85. The highest BCUT2D eigenvalue weighted by Gasteiger charge is 2.09. The van der Waals surface area contributed by atoms with Crippen LogP contribution in [0.4, 0.5) is 0 Å². The van der Waals surface area contributed by atoms with Gasteiger partial charge in [-0.2, -0.15) is 0 Å². The van der Waals surface area contributed by atoms with Crippen molar-refractivity contribution in [3.8, 4) is 17.0 Å². The van der Waals surface area contributed by atoms with Crippen molar-refractivity contribution in [1.29, 1.82) is 0 Å². The summed E-state index contributed by atoms with van der Waals surface area (Å²) in [6, 6.07) is 7.45. The van der Waals surface area contributed by atoms with Crippen LogP contribution >= 0.6 is 0 Å². The van der Waals surface area contributed by atoms with Gasteiger partial charge in [-0.05, 0) is 18.6 Å². The molecule has 0 atom stereocenters. The van der Waals surface area contributed by atoms with Gasteiger partial charge in [-0.3, -0.25) is 4.79 Å². The minimum atomic E-state index is 0.442. The van der Waals surface area contributed by atoms with E-state index < -0.39 is 0 Å². The molecule has 0 bridgehead atoms. The maximum atomic E-state index is 10.8. The fourth-order valence-electron chi connectivity index (χ4n) is 1.50. The molecular weight excluding hydrogens is 218 g/mol. The molecule has 17 heavy (non-hydrogen) atoms. The highest BCUT2D eigenvalue weighted by molar-refractivity contribution is 5.85. The second kappa shape index (κ2) is 5.30. The summed E-state index contributed by atoms with van der Waals surface area (Å²) in [6.07, 6.45) is 3.01. The third-order valence-corrected chi connectivity index (χ3v) is 2.30. The van der Waals surface area contributed by atoms with Crippen LogP contribution in [0, 0.1) is 0 Å². The molecule has 0 spiro atoms. The number of hydrogen-bond acceptors (Lipinski definition) is 4. The van der Waals surface area contributed by atoms with Gasteiger partial charge in [0.15, 0.2) is 6.29 Å². The van der Waals surface area contributed by atoms with Crippen LogP contribution in [-0.2, 0) is 0 Å². The van der Waals surface area contributed by atoms with Crippen molar-refractivity contribution in [1.82, 2.24) is 5.16 Å². The summed E-state index contributed by atoms with van der Waals surface area (Å²) in [5.74, 6) is 0.768. The summed E-state index contributed by atoms with van der Waals surface area (Å²) in [5, 5.41) is 3.82. The monoisotopic (exact) mass is 231 g/mol. The number of carbonyl (C=O) groups is 1. The van der Waals surface area contributed by atoms with Gasteiger partial charge in [0.1, 0.15) is 17.7 Å². The highest BCUT2D eigenvalue weighted by atomic mass is 16.5. The van der Waals surface area contributed by atoms with E-state index in [2.05, 4.69) is 5.16 Å². The van der Waals surface area contributed by atoms with Crippen molar-refractivity contribution in [2.45, 2.75) is 13.3 Å². The fourth-order valence-corrected chi connectivity index (χ4v) is 1.50. The lowest BCUT2D eigenvalue weighted by Gasteiger charge is -2.05. The van der Waals surface area contributed by atoms with E-state index in [9.17, 15) is 4.79 Å². The highest BCUT2D eigenvalue weighted by Crippen LogP contribution is 2.24. The van der Waals surface area contributed by atoms with E-state index in [4.69, 9.17) is 9.26 Å². The van der Waals surface area contributed by atoms with Crippen molar-refractivity contribution in [2.75, 3.05) is 6.61 Å². The van der Waals surface area contributed by atoms with E-state index in [0.717, 1.165) is 24.0 Å². The first-order valence-corrected chi connectivity index (χ1v) is 5.48. The molecule has 88 valence electrons. The Bertz CT molecular complexity index is 505. The number of carbonyl (C=O) groups excluding carboxylic acids is 1. The second-order valence-electron chi connectivity index (χ2n) is 3.61. The topological polar surface area (TPSA) is 52.3 Å². The van der Waals surface area contributed by atoms with Crippen LogP contribution in [0.15, 0.2) is 35.1 Å². The first-order chi connectivity index (χ1) is 8.35. The minimum Gasteiger partial charge on any atom is -0.494 e. The molecule has 0 N–H and O–H groups in total. The maximum absolute atomic E-state index is 10.8. The third-order valence-electron chi connectivity index (χ3n) is 2.30. The quantitative estimate of drug-likeness (QED) is 0.742. The Labute approximate surface area is 99.2 Å². The van der Waals surface area contributed by atoms with Gasteiger partial charge in [0.25, 0.3) is 0 Å². The van der Waals surface area contributed by atoms with Gasteiger partial charge in [0.2, 0.25) is 0 Å². The molecule has 2 rings (SSSR count). The normalized spacial score (nSPS) is 10.2. The van der Waals surface area contributed by atoms with Crippen LogP contribution in [0.25, 0.3) is 11.3 Å². The van der Waals surface area contributed by atoms with E-state index in [1.54, 1.807) is 0 Å². The van der Waals surface area contributed by atoms with Crippen LogP contribution in [0.2, 0.25) is 0 Å². The van der Waals surface area contributed by atoms with Crippen molar-refractivity contribution < 1.29 is 14.1 Å². The van der Waals surface area contributed by atoms with Crippen molar-refractivity contribution in [2.24, 2.45) is 0 Å². The minimum absolute atomic E-state index is 0.442. The van der Waals surface area contributed by atoms with E-state index in [-0.39, 0.29) is 0 Å². The number of hydrogen-bond donors (Lipinski definition) is 0. The average molecular weight is 231 g/mol. The molecular formula is C13H13NO3. The van der Waals surface area contributed by atoms with Gasteiger partial charge in [-0.1, -0.05) is 24.2 Å². The first-order valence-electron chi connectivity index (χ1n) is 5.48. The summed E-state index contributed by atoms with van der Waals surface area (Å²) in [7, 11) is 0. The lowest BCUT2D eigenvalue weighted by Crippen LogP contribution is -1.95. The smallest absolute Gasteiger partial charge is 0.155 e. The molecule has 0 aliphatic carbocycles. The van der Waals surface area contributed by atoms with E-state index in [1.165, 1.54) is 6.26 Å². The number of nitrogens with zero attached hydrogens (tertiary/aromatic N) is 1. The van der Waals surface area contributed by atoms with Gasteiger partial charge in [0.05, 0.1) is 12.2 Å². The Morgan fingerprint density at radius 2 is 2.35 bits per heavy atom. The molecule has 1 heterocycles. The van der Waals surface area contributed by atoms with E-state index in [1.807, 2.05) is 31.2 Å². The Hall–Kier alpha value is -2.10. The van der Waals surface area contributed by atoms with Crippen molar-refractivity contribution >= 4 is 6.29 Å². The van der Waals surface area contributed by atoms with Gasteiger partial charge in [-0.15, -0.1) is 0 Å². The van der Waals surface area contributed by atoms with Crippen molar-refractivity contribution in [3.63, 3.8) is 0 Å². The maximum Gasteiger partial charge on any atom is 0.155 e. The predicted molar refractivity (Wildman–Crippen MR) is 63.1 cm³/mol.